The molecule has 1 aromatic rings. The molecule has 1 aromatic carbocycles. The minimum atomic E-state index is 0.680. The maximum Gasteiger partial charge on any atom is 0.0642 e. The van der Waals surface area contributed by atoms with Crippen molar-refractivity contribution in [3.8, 4) is 0 Å². The highest BCUT2D eigenvalue weighted by atomic mass is 35.5. The molecule has 0 bridgehead atoms. The van der Waals surface area contributed by atoms with Crippen LogP contribution >= 0.6 is 11.6 Å². The van der Waals surface area contributed by atoms with Crippen molar-refractivity contribution in [3.63, 3.8) is 0 Å². The molecular weight excluding hydrogens is 280 g/mol. The lowest BCUT2D eigenvalue weighted by atomic mass is 9.94. The standard InChI is InChI=1S/C18H29ClN2/c1-4-15-7-9-21(10-8-15)18-6-5-16(11-17(18)19)13-20-12-14(2)3/h5-6,11,14-15,20H,4,7-10,12-13H2,1-3H3. The summed E-state index contributed by atoms with van der Waals surface area (Å²) in [5.74, 6) is 1.58. The molecule has 3 heteroatoms. The Morgan fingerprint density at radius 2 is 2.00 bits per heavy atom. The third-order valence-electron chi connectivity index (χ3n) is 4.43. The Kier molecular flexibility index (Phi) is 6.38. The number of rotatable bonds is 6. The van der Waals surface area contributed by atoms with Gasteiger partial charge in [0.1, 0.15) is 0 Å². The van der Waals surface area contributed by atoms with Crippen LogP contribution in [0.2, 0.25) is 5.02 Å². The molecule has 1 saturated heterocycles. The molecule has 0 unspecified atom stereocenters. The third kappa shape index (κ3) is 4.89. The molecule has 0 aliphatic carbocycles. The summed E-state index contributed by atoms with van der Waals surface area (Å²) in [6.07, 6.45) is 3.90. The fourth-order valence-corrected chi connectivity index (χ4v) is 3.33. The van der Waals surface area contributed by atoms with E-state index in [-0.39, 0.29) is 0 Å². The summed E-state index contributed by atoms with van der Waals surface area (Å²) in [6.45, 7) is 11.0. The van der Waals surface area contributed by atoms with Gasteiger partial charge in [0.2, 0.25) is 0 Å². The maximum absolute atomic E-state index is 6.51. The average molecular weight is 309 g/mol. The van der Waals surface area contributed by atoms with Gasteiger partial charge in [-0.15, -0.1) is 0 Å². The number of nitrogens with one attached hydrogen (secondary N) is 1. The van der Waals surface area contributed by atoms with Crippen LogP contribution in [0.5, 0.6) is 0 Å². The van der Waals surface area contributed by atoms with Crippen molar-refractivity contribution in [2.75, 3.05) is 24.5 Å². The second-order valence-electron chi connectivity index (χ2n) is 6.65. The van der Waals surface area contributed by atoms with Crippen LogP contribution in [0.25, 0.3) is 0 Å². The summed E-state index contributed by atoms with van der Waals surface area (Å²) >= 11 is 6.51. The van der Waals surface area contributed by atoms with Gasteiger partial charge in [-0.25, -0.2) is 0 Å². The smallest absolute Gasteiger partial charge is 0.0642 e. The van der Waals surface area contributed by atoms with E-state index in [4.69, 9.17) is 11.6 Å². The van der Waals surface area contributed by atoms with Crippen molar-refractivity contribution < 1.29 is 0 Å². The first kappa shape index (κ1) is 16.6. The number of hydrogen-bond donors (Lipinski definition) is 1. The lowest BCUT2D eigenvalue weighted by Gasteiger charge is -2.33. The Bertz CT molecular complexity index is 437. The molecule has 1 N–H and O–H groups in total. The summed E-state index contributed by atoms with van der Waals surface area (Å²) in [5, 5.41) is 4.37. The fraction of sp³-hybridized carbons (Fsp3) is 0.667. The number of piperidine rings is 1. The van der Waals surface area contributed by atoms with E-state index < -0.39 is 0 Å². The zero-order chi connectivity index (χ0) is 15.2. The van der Waals surface area contributed by atoms with Crippen LogP contribution in [0.1, 0.15) is 45.6 Å². The molecule has 1 aliphatic heterocycles. The minimum absolute atomic E-state index is 0.680. The topological polar surface area (TPSA) is 15.3 Å². The van der Waals surface area contributed by atoms with E-state index in [9.17, 15) is 0 Å². The highest BCUT2D eigenvalue weighted by Crippen LogP contribution is 2.31. The molecule has 1 fully saturated rings. The van der Waals surface area contributed by atoms with Gasteiger partial charge >= 0.3 is 0 Å². The first-order valence-corrected chi connectivity index (χ1v) is 8.72. The van der Waals surface area contributed by atoms with Crippen molar-refractivity contribution in [1.29, 1.82) is 0 Å². The molecule has 0 aromatic heterocycles. The monoisotopic (exact) mass is 308 g/mol. The first-order chi connectivity index (χ1) is 10.1. The molecule has 0 saturated carbocycles. The number of hydrogen-bond acceptors (Lipinski definition) is 2. The van der Waals surface area contributed by atoms with E-state index in [1.807, 2.05) is 0 Å². The summed E-state index contributed by atoms with van der Waals surface area (Å²) in [6, 6.07) is 6.53. The zero-order valence-corrected chi connectivity index (χ0v) is 14.4. The molecule has 0 spiro atoms. The van der Waals surface area contributed by atoms with Gasteiger partial charge in [0, 0.05) is 19.6 Å². The molecule has 118 valence electrons. The Balaban J connectivity index is 1.93. The lowest BCUT2D eigenvalue weighted by Crippen LogP contribution is -2.33. The Morgan fingerprint density at radius 1 is 1.29 bits per heavy atom. The molecule has 21 heavy (non-hydrogen) atoms. The highest BCUT2D eigenvalue weighted by Gasteiger charge is 2.19. The van der Waals surface area contributed by atoms with E-state index in [2.05, 4.69) is 49.2 Å². The molecule has 1 aliphatic rings. The Morgan fingerprint density at radius 3 is 2.57 bits per heavy atom. The fourth-order valence-electron chi connectivity index (χ4n) is 3.00. The summed E-state index contributed by atoms with van der Waals surface area (Å²) in [4.78, 5) is 2.44. The predicted molar refractivity (Wildman–Crippen MR) is 93.2 cm³/mol. The van der Waals surface area contributed by atoms with Crippen molar-refractivity contribution in [3.05, 3.63) is 28.8 Å². The van der Waals surface area contributed by atoms with Crippen molar-refractivity contribution in [2.45, 2.75) is 46.6 Å². The van der Waals surface area contributed by atoms with Gasteiger partial charge in [-0.1, -0.05) is 44.9 Å². The van der Waals surface area contributed by atoms with Crippen LogP contribution in [0.15, 0.2) is 18.2 Å². The summed E-state index contributed by atoms with van der Waals surface area (Å²) < 4.78 is 0. The van der Waals surface area contributed by atoms with E-state index in [1.165, 1.54) is 30.5 Å². The van der Waals surface area contributed by atoms with Gasteiger partial charge in [-0.05, 0) is 48.9 Å². The number of benzene rings is 1. The van der Waals surface area contributed by atoms with Crippen LogP contribution in [0, 0.1) is 11.8 Å². The summed E-state index contributed by atoms with van der Waals surface area (Å²) in [5.41, 5.74) is 2.48. The van der Waals surface area contributed by atoms with Crippen molar-refractivity contribution in [1.82, 2.24) is 5.32 Å². The maximum atomic E-state index is 6.51. The molecular formula is C18H29ClN2. The quantitative estimate of drug-likeness (QED) is 0.818. The Labute approximate surface area is 134 Å². The predicted octanol–water partition coefficient (Wildman–Crippen LogP) is 4.71. The Hall–Kier alpha value is -0.730. The van der Waals surface area contributed by atoms with E-state index in [1.54, 1.807) is 0 Å². The summed E-state index contributed by atoms with van der Waals surface area (Å²) in [7, 11) is 0. The average Bonchev–Trinajstić information content (AvgIpc) is 2.47. The van der Waals surface area contributed by atoms with Crippen LogP contribution in [0.4, 0.5) is 5.69 Å². The van der Waals surface area contributed by atoms with Crippen molar-refractivity contribution in [2.24, 2.45) is 11.8 Å². The first-order valence-electron chi connectivity index (χ1n) is 8.34. The number of anilines is 1. The lowest BCUT2D eigenvalue weighted by molar-refractivity contribution is 0.395. The largest absolute Gasteiger partial charge is 0.370 e. The van der Waals surface area contributed by atoms with Crippen LogP contribution in [0.3, 0.4) is 0 Å². The highest BCUT2D eigenvalue weighted by molar-refractivity contribution is 6.33. The van der Waals surface area contributed by atoms with E-state index in [0.717, 1.165) is 37.1 Å². The normalized spacial score (nSPS) is 16.7. The second kappa shape index (κ2) is 8.05. The molecule has 0 atom stereocenters. The van der Waals surface area contributed by atoms with Gasteiger partial charge in [0.05, 0.1) is 10.7 Å². The van der Waals surface area contributed by atoms with Gasteiger partial charge in [-0.3, -0.25) is 0 Å². The zero-order valence-electron chi connectivity index (χ0n) is 13.7. The minimum Gasteiger partial charge on any atom is -0.370 e. The number of halogens is 1. The van der Waals surface area contributed by atoms with E-state index in [0.29, 0.717) is 5.92 Å². The van der Waals surface area contributed by atoms with Gasteiger partial charge in [0.15, 0.2) is 0 Å². The molecule has 2 nitrogen and oxygen atoms in total. The second-order valence-corrected chi connectivity index (χ2v) is 7.06. The van der Waals surface area contributed by atoms with Gasteiger partial charge in [0.25, 0.3) is 0 Å². The molecule has 2 rings (SSSR count). The van der Waals surface area contributed by atoms with Gasteiger partial charge < -0.3 is 10.2 Å². The molecule has 0 radical (unpaired) electrons. The van der Waals surface area contributed by atoms with Crippen LogP contribution in [-0.2, 0) is 6.54 Å². The van der Waals surface area contributed by atoms with Crippen LogP contribution < -0.4 is 10.2 Å². The molecule has 0 amide bonds. The van der Waals surface area contributed by atoms with Crippen molar-refractivity contribution >= 4 is 17.3 Å². The van der Waals surface area contributed by atoms with E-state index >= 15 is 0 Å². The SMILES string of the molecule is CCC1CCN(c2ccc(CNCC(C)C)cc2Cl)CC1. The molecule has 1 heterocycles. The third-order valence-corrected chi connectivity index (χ3v) is 4.73. The van der Waals surface area contributed by atoms with Gasteiger partial charge in [-0.2, -0.15) is 0 Å². The van der Waals surface area contributed by atoms with Crippen LogP contribution in [-0.4, -0.2) is 19.6 Å². The number of nitrogens with zero attached hydrogens (tertiary/aromatic N) is 1.